The van der Waals surface area contributed by atoms with Crippen molar-refractivity contribution in [1.29, 1.82) is 0 Å². The van der Waals surface area contributed by atoms with Gasteiger partial charge < -0.3 is 5.32 Å². The largest absolute Gasteiger partial charge is 0.316 e. The second-order valence-corrected chi connectivity index (χ2v) is 4.32. The molecule has 0 bridgehead atoms. The van der Waals surface area contributed by atoms with Crippen LogP contribution in [0.3, 0.4) is 0 Å². The van der Waals surface area contributed by atoms with E-state index in [-0.39, 0.29) is 11.8 Å². The Bertz CT molecular complexity index is 132. The summed E-state index contributed by atoms with van der Waals surface area (Å²) in [5, 5.41) is 3.27. The van der Waals surface area contributed by atoms with Crippen molar-refractivity contribution in [3.8, 4) is 0 Å². The van der Waals surface area contributed by atoms with E-state index < -0.39 is 6.17 Å². The Morgan fingerprint density at radius 2 is 2.31 bits per heavy atom. The Morgan fingerprint density at radius 1 is 1.54 bits per heavy atom. The molecule has 0 aromatic heterocycles. The van der Waals surface area contributed by atoms with Gasteiger partial charge in [0.1, 0.15) is 6.17 Å². The van der Waals surface area contributed by atoms with Gasteiger partial charge in [0, 0.05) is 12.5 Å². The van der Waals surface area contributed by atoms with Crippen molar-refractivity contribution in [1.82, 2.24) is 5.32 Å². The van der Waals surface area contributed by atoms with Gasteiger partial charge in [-0.1, -0.05) is 20.3 Å². The Labute approximate surface area is 81.1 Å². The zero-order chi connectivity index (χ0) is 9.68. The molecule has 1 heterocycles. The summed E-state index contributed by atoms with van der Waals surface area (Å²) >= 11 is 0. The quantitative estimate of drug-likeness (QED) is 0.713. The SMILES string of the molecule is CCCC(C)C(F)C1CCCNC1. The summed E-state index contributed by atoms with van der Waals surface area (Å²) < 4.78 is 13.8. The first-order chi connectivity index (χ1) is 6.25. The molecular formula is C11H22FN. The van der Waals surface area contributed by atoms with Gasteiger partial charge in [0.25, 0.3) is 0 Å². The summed E-state index contributed by atoms with van der Waals surface area (Å²) in [6.07, 6.45) is 3.75. The zero-order valence-corrected chi connectivity index (χ0v) is 8.85. The van der Waals surface area contributed by atoms with Gasteiger partial charge in [0.15, 0.2) is 0 Å². The minimum atomic E-state index is -0.590. The third-order valence-corrected chi connectivity index (χ3v) is 3.07. The Morgan fingerprint density at radius 3 is 2.85 bits per heavy atom. The van der Waals surface area contributed by atoms with Crippen LogP contribution in [0.2, 0.25) is 0 Å². The Kier molecular flexibility index (Phi) is 4.71. The number of halogens is 1. The van der Waals surface area contributed by atoms with Crippen LogP contribution in [-0.2, 0) is 0 Å². The Balaban J connectivity index is 2.31. The van der Waals surface area contributed by atoms with Gasteiger partial charge in [-0.25, -0.2) is 4.39 Å². The molecule has 1 N–H and O–H groups in total. The lowest BCUT2D eigenvalue weighted by atomic mass is 9.86. The number of nitrogens with one attached hydrogen (secondary N) is 1. The zero-order valence-electron chi connectivity index (χ0n) is 8.85. The van der Waals surface area contributed by atoms with E-state index >= 15 is 0 Å². The predicted molar refractivity (Wildman–Crippen MR) is 54.6 cm³/mol. The highest BCUT2D eigenvalue weighted by atomic mass is 19.1. The van der Waals surface area contributed by atoms with E-state index in [0.717, 1.165) is 38.8 Å². The number of rotatable bonds is 4. The van der Waals surface area contributed by atoms with Crippen molar-refractivity contribution in [3.63, 3.8) is 0 Å². The van der Waals surface area contributed by atoms with Crippen LogP contribution in [0.25, 0.3) is 0 Å². The second kappa shape index (κ2) is 5.58. The highest BCUT2D eigenvalue weighted by Gasteiger charge is 2.27. The lowest BCUT2D eigenvalue weighted by Gasteiger charge is -2.29. The maximum atomic E-state index is 13.8. The normalized spacial score (nSPS) is 28.4. The molecule has 1 rings (SSSR count). The third-order valence-electron chi connectivity index (χ3n) is 3.07. The van der Waals surface area contributed by atoms with Crippen LogP contribution < -0.4 is 5.32 Å². The monoisotopic (exact) mass is 187 g/mol. The molecule has 0 amide bonds. The maximum Gasteiger partial charge on any atom is 0.107 e. The smallest absolute Gasteiger partial charge is 0.107 e. The molecule has 0 saturated carbocycles. The van der Waals surface area contributed by atoms with Crippen LogP contribution in [0, 0.1) is 11.8 Å². The molecule has 3 atom stereocenters. The third kappa shape index (κ3) is 3.26. The summed E-state index contributed by atoms with van der Waals surface area (Å²) in [5.41, 5.74) is 0. The van der Waals surface area contributed by atoms with Gasteiger partial charge >= 0.3 is 0 Å². The van der Waals surface area contributed by atoms with Crippen LogP contribution in [-0.4, -0.2) is 19.3 Å². The molecule has 0 spiro atoms. The maximum absolute atomic E-state index is 13.8. The van der Waals surface area contributed by atoms with E-state index in [0.29, 0.717) is 0 Å². The molecule has 1 aliphatic heterocycles. The van der Waals surface area contributed by atoms with Crippen LogP contribution in [0.4, 0.5) is 4.39 Å². The molecule has 78 valence electrons. The predicted octanol–water partition coefficient (Wildman–Crippen LogP) is 2.76. The molecule has 0 aromatic rings. The molecule has 1 aliphatic rings. The van der Waals surface area contributed by atoms with Crippen molar-refractivity contribution in [3.05, 3.63) is 0 Å². The lowest BCUT2D eigenvalue weighted by molar-refractivity contribution is 0.130. The number of hydrogen-bond donors (Lipinski definition) is 1. The molecule has 1 fully saturated rings. The average Bonchev–Trinajstić information content (AvgIpc) is 2.18. The minimum Gasteiger partial charge on any atom is -0.316 e. The molecule has 1 saturated heterocycles. The van der Waals surface area contributed by atoms with Crippen molar-refractivity contribution < 1.29 is 4.39 Å². The number of alkyl halides is 1. The van der Waals surface area contributed by atoms with Gasteiger partial charge in [0.05, 0.1) is 0 Å². The first-order valence-electron chi connectivity index (χ1n) is 5.60. The lowest BCUT2D eigenvalue weighted by Crippen LogP contribution is -2.37. The first kappa shape index (κ1) is 11.0. The second-order valence-electron chi connectivity index (χ2n) is 4.32. The summed E-state index contributed by atoms with van der Waals surface area (Å²) in [7, 11) is 0. The highest BCUT2D eigenvalue weighted by molar-refractivity contribution is 4.79. The molecule has 2 heteroatoms. The van der Waals surface area contributed by atoms with Gasteiger partial charge in [-0.05, 0) is 31.7 Å². The van der Waals surface area contributed by atoms with Crippen LogP contribution >= 0.6 is 0 Å². The van der Waals surface area contributed by atoms with E-state index in [1.807, 2.05) is 6.92 Å². The number of hydrogen-bond acceptors (Lipinski definition) is 1. The summed E-state index contributed by atoms with van der Waals surface area (Å²) in [6.45, 7) is 6.13. The van der Waals surface area contributed by atoms with Crippen LogP contribution in [0.15, 0.2) is 0 Å². The minimum absolute atomic E-state index is 0.245. The van der Waals surface area contributed by atoms with E-state index in [1.165, 1.54) is 0 Å². The van der Waals surface area contributed by atoms with Crippen LogP contribution in [0.1, 0.15) is 39.5 Å². The van der Waals surface area contributed by atoms with Gasteiger partial charge in [0.2, 0.25) is 0 Å². The van der Waals surface area contributed by atoms with Crippen LogP contribution in [0.5, 0.6) is 0 Å². The van der Waals surface area contributed by atoms with Crippen molar-refractivity contribution in [2.75, 3.05) is 13.1 Å². The van der Waals surface area contributed by atoms with Gasteiger partial charge in [-0.15, -0.1) is 0 Å². The van der Waals surface area contributed by atoms with Gasteiger partial charge in [-0.2, -0.15) is 0 Å². The fourth-order valence-electron chi connectivity index (χ4n) is 2.23. The molecule has 0 aliphatic carbocycles. The molecule has 0 aromatic carbocycles. The van der Waals surface area contributed by atoms with Gasteiger partial charge in [-0.3, -0.25) is 0 Å². The topological polar surface area (TPSA) is 12.0 Å². The fraction of sp³-hybridized carbons (Fsp3) is 1.00. The molecule has 0 radical (unpaired) electrons. The van der Waals surface area contributed by atoms with E-state index in [2.05, 4.69) is 12.2 Å². The van der Waals surface area contributed by atoms with E-state index in [1.54, 1.807) is 0 Å². The standard InChI is InChI=1S/C11H22FN/c1-3-5-9(2)11(12)10-6-4-7-13-8-10/h9-11,13H,3-8H2,1-2H3. The summed E-state index contributed by atoms with van der Waals surface area (Å²) in [4.78, 5) is 0. The first-order valence-corrected chi connectivity index (χ1v) is 5.60. The summed E-state index contributed by atoms with van der Waals surface area (Å²) in [5.74, 6) is 0.519. The Hall–Kier alpha value is -0.110. The molecule has 13 heavy (non-hydrogen) atoms. The fourth-order valence-corrected chi connectivity index (χ4v) is 2.23. The summed E-state index contributed by atoms with van der Waals surface area (Å²) in [6, 6.07) is 0. The van der Waals surface area contributed by atoms with Crippen molar-refractivity contribution >= 4 is 0 Å². The molecular weight excluding hydrogens is 165 g/mol. The average molecular weight is 187 g/mol. The number of piperidine rings is 1. The van der Waals surface area contributed by atoms with E-state index in [9.17, 15) is 4.39 Å². The van der Waals surface area contributed by atoms with Crippen molar-refractivity contribution in [2.45, 2.75) is 45.7 Å². The van der Waals surface area contributed by atoms with E-state index in [4.69, 9.17) is 0 Å². The highest BCUT2D eigenvalue weighted by Crippen LogP contribution is 2.25. The molecule has 1 nitrogen and oxygen atoms in total. The van der Waals surface area contributed by atoms with Crippen molar-refractivity contribution in [2.24, 2.45) is 11.8 Å². The molecule has 3 unspecified atom stereocenters.